The lowest BCUT2D eigenvalue weighted by Crippen LogP contribution is -2.21. The SMILES string of the molecule is CCN(CC)c1ccc(Nc2nncc(Nc3cc(Cl)ccc3C)n2)cc1. The molecule has 2 N–H and O–H groups in total. The molecule has 3 rings (SSSR count). The van der Waals surface area contributed by atoms with Gasteiger partial charge in [0, 0.05) is 35.2 Å². The van der Waals surface area contributed by atoms with Crippen LogP contribution in [0.15, 0.2) is 48.7 Å². The van der Waals surface area contributed by atoms with Crippen LogP contribution in [0.5, 0.6) is 0 Å². The first-order valence-electron chi connectivity index (χ1n) is 8.94. The van der Waals surface area contributed by atoms with E-state index in [1.165, 1.54) is 5.69 Å². The van der Waals surface area contributed by atoms with Gasteiger partial charge in [0.05, 0.1) is 6.20 Å². The summed E-state index contributed by atoms with van der Waals surface area (Å²) in [5.74, 6) is 1.02. The number of rotatable bonds is 7. The highest BCUT2D eigenvalue weighted by atomic mass is 35.5. The zero-order valence-electron chi connectivity index (χ0n) is 15.7. The monoisotopic (exact) mass is 382 g/mol. The van der Waals surface area contributed by atoms with E-state index in [9.17, 15) is 0 Å². The fraction of sp³-hybridized carbons (Fsp3) is 0.250. The van der Waals surface area contributed by atoms with Gasteiger partial charge in [-0.1, -0.05) is 17.7 Å². The first kappa shape index (κ1) is 18.9. The third-order valence-corrected chi connectivity index (χ3v) is 4.51. The van der Waals surface area contributed by atoms with Crippen molar-refractivity contribution in [3.05, 3.63) is 59.2 Å². The lowest BCUT2D eigenvalue weighted by Gasteiger charge is -2.21. The van der Waals surface area contributed by atoms with Gasteiger partial charge in [-0.3, -0.25) is 0 Å². The van der Waals surface area contributed by atoms with Gasteiger partial charge < -0.3 is 15.5 Å². The Morgan fingerprint density at radius 3 is 2.44 bits per heavy atom. The van der Waals surface area contributed by atoms with Gasteiger partial charge in [-0.15, -0.1) is 5.10 Å². The molecule has 0 amide bonds. The third kappa shape index (κ3) is 4.86. The van der Waals surface area contributed by atoms with Crippen LogP contribution in [0.3, 0.4) is 0 Å². The number of nitrogens with zero attached hydrogens (tertiary/aromatic N) is 4. The number of hydrogen-bond donors (Lipinski definition) is 2. The minimum atomic E-state index is 0.426. The Hall–Kier alpha value is -2.86. The fourth-order valence-electron chi connectivity index (χ4n) is 2.76. The molecule has 0 aliphatic carbocycles. The molecule has 3 aromatic rings. The standard InChI is InChI=1S/C20H23ClN6/c1-4-27(5-2)17-10-8-16(9-11-17)23-20-25-19(13-22-26-20)24-18-12-15(21)7-6-14(18)3/h6-13H,4-5H2,1-3H3,(H2,23,24,25,26). The molecule has 0 atom stereocenters. The lowest BCUT2D eigenvalue weighted by molar-refractivity contribution is 0.866. The van der Waals surface area contributed by atoms with Crippen molar-refractivity contribution in [2.24, 2.45) is 0 Å². The van der Waals surface area contributed by atoms with E-state index >= 15 is 0 Å². The molecule has 0 aliphatic heterocycles. The van der Waals surface area contributed by atoms with Crippen molar-refractivity contribution in [1.29, 1.82) is 0 Å². The van der Waals surface area contributed by atoms with Crippen LogP contribution in [0.2, 0.25) is 5.02 Å². The Labute approximate surface area is 164 Å². The summed E-state index contributed by atoms with van der Waals surface area (Å²) in [6, 6.07) is 13.9. The van der Waals surface area contributed by atoms with Crippen molar-refractivity contribution in [2.75, 3.05) is 28.6 Å². The minimum Gasteiger partial charge on any atom is -0.372 e. The third-order valence-electron chi connectivity index (χ3n) is 4.27. The molecular weight excluding hydrogens is 360 g/mol. The topological polar surface area (TPSA) is 66.0 Å². The molecule has 0 unspecified atom stereocenters. The van der Waals surface area contributed by atoms with Crippen molar-refractivity contribution in [3.8, 4) is 0 Å². The predicted molar refractivity (Wildman–Crippen MR) is 113 cm³/mol. The first-order chi connectivity index (χ1) is 13.1. The number of hydrogen-bond acceptors (Lipinski definition) is 6. The average molecular weight is 383 g/mol. The second-order valence-corrected chi connectivity index (χ2v) is 6.53. The normalized spacial score (nSPS) is 10.5. The molecular formula is C20H23ClN6. The minimum absolute atomic E-state index is 0.426. The zero-order chi connectivity index (χ0) is 19.2. The van der Waals surface area contributed by atoms with E-state index in [0.717, 1.165) is 30.0 Å². The van der Waals surface area contributed by atoms with Crippen LogP contribution in [0.1, 0.15) is 19.4 Å². The van der Waals surface area contributed by atoms with Crippen LogP contribution in [0.25, 0.3) is 0 Å². The maximum absolute atomic E-state index is 6.07. The molecule has 0 aliphatic rings. The molecule has 27 heavy (non-hydrogen) atoms. The van der Waals surface area contributed by atoms with Crippen molar-refractivity contribution in [1.82, 2.24) is 15.2 Å². The highest BCUT2D eigenvalue weighted by Crippen LogP contribution is 2.24. The number of halogens is 1. The molecule has 1 heterocycles. The van der Waals surface area contributed by atoms with E-state index in [-0.39, 0.29) is 0 Å². The number of nitrogens with one attached hydrogen (secondary N) is 2. The lowest BCUT2D eigenvalue weighted by atomic mass is 10.2. The van der Waals surface area contributed by atoms with Gasteiger partial charge in [-0.25, -0.2) is 0 Å². The summed E-state index contributed by atoms with van der Waals surface area (Å²) in [6.07, 6.45) is 1.58. The van der Waals surface area contributed by atoms with Crippen molar-refractivity contribution < 1.29 is 0 Å². The Balaban J connectivity index is 1.73. The summed E-state index contributed by atoms with van der Waals surface area (Å²) in [4.78, 5) is 6.77. The molecule has 6 nitrogen and oxygen atoms in total. The van der Waals surface area contributed by atoms with Gasteiger partial charge in [0.2, 0.25) is 5.95 Å². The number of aryl methyl sites for hydroxylation is 1. The van der Waals surface area contributed by atoms with E-state index in [1.54, 1.807) is 6.20 Å². The number of anilines is 5. The van der Waals surface area contributed by atoms with Crippen LogP contribution < -0.4 is 15.5 Å². The largest absolute Gasteiger partial charge is 0.372 e. The molecule has 0 bridgehead atoms. The molecule has 0 saturated carbocycles. The Bertz CT molecular complexity index is 893. The second kappa shape index (κ2) is 8.68. The van der Waals surface area contributed by atoms with Crippen LogP contribution >= 0.6 is 11.6 Å². The van der Waals surface area contributed by atoms with Crippen molar-refractivity contribution >= 4 is 40.4 Å². The molecule has 140 valence electrons. The van der Waals surface area contributed by atoms with Gasteiger partial charge in [-0.05, 0) is 62.7 Å². The van der Waals surface area contributed by atoms with E-state index in [1.807, 2.05) is 37.3 Å². The molecule has 1 aromatic heterocycles. The Morgan fingerprint density at radius 1 is 1.00 bits per heavy atom. The highest BCUT2D eigenvalue weighted by molar-refractivity contribution is 6.30. The molecule has 0 radical (unpaired) electrons. The van der Waals surface area contributed by atoms with E-state index in [4.69, 9.17) is 11.6 Å². The van der Waals surface area contributed by atoms with Gasteiger partial charge in [0.25, 0.3) is 0 Å². The average Bonchev–Trinajstić information content (AvgIpc) is 2.67. The summed E-state index contributed by atoms with van der Waals surface area (Å²) in [7, 11) is 0. The summed E-state index contributed by atoms with van der Waals surface area (Å²) in [5, 5.41) is 15.2. The summed E-state index contributed by atoms with van der Waals surface area (Å²) >= 11 is 6.07. The second-order valence-electron chi connectivity index (χ2n) is 6.09. The smallest absolute Gasteiger partial charge is 0.249 e. The van der Waals surface area contributed by atoms with Gasteiger partial charge in [0.1, 0.15) is 0 Å². The molecule has 0 spiro atoms. The molecule has 0 saturated heterocycles. The molecule has 0 fully saturated rings. The van der Waals surface area contributed by atoms with Crippen LogP contribution in [0, 0.1) is 6.92 Å². The summed E-state index contributed by atoms with van der Waals surface area (Å²) < 4.78 is 0. The Morgan fingerprint density at radius 2 is 1.74 bits per heavy atom. The summed E-state index contributed by atoms with van der Waals surface area (Å²) in [5.41, 5.74) is 4.05. The van der Waals surface area contributed by atoms with Crippen LogP contribution in [-0.2, 0) is 0 Å². The maximum Gasteiger partial charge on any atom is 0.249 e. The maximum atomic E-state index is 6.07. The zero-order valence-corrected chi connectivity index (χ0v) is 16.5. The molecule has 2 aromatic carbocycles. The van der Waals surface area contributed by atoms with Crippen molar-refractivity contribution in [3.63, 3.8) is 0 Å². The van der Waals surface area contributed by atoms with E-state index in [0.29, 0.717) is 16.8 Å². The highest BCUT2D eigenvalue weighted by Gasteiger charge is 2.06. The van der Waals surface area contributed by atoms with Crippen LogP contribution in [-0.4, -0.2) is 28.3 Å². The first-order valence-corrected chi connectivity index (χ1v) is 9.31. The van der Waals surface area contributed by atoms with Gasteiger partial charge >= 0.3 is 0 Å². The van der Waals surface area contributed by atoms with Gasteiger partial charge in [0.15, 0.2) is 5.82 Å². The Kier molecular flexibility index (Phi) is 6.08. The van der Waals surface area contributed by atoms with E-state index < -0.39 is 0 Å². The predicted octanol–water partition coefficient (Wildman–Crippen LogP) is 5.17. The number of aromatic nitrogens is 3. The van der Waals surface area contributed by atoms with Crippen LogP contribution in [0.4, 0.5) is 28.8 Å². The fourth-order valence-corrected chi connectivity index (χ4v) is 2.93. The summed E-state index contributed by atoms with van der Waals surface area (Å²) in [6.45, 7) is 8.26. The van der Waals surface area contributed by atoms with E-state index in [2.05, 4.69) is 56.7 Å². The quantitative estimate of drug-likeness (QED) is 0.587. The van der Waals surface area contributed by atoms with Gasteiger partial charge in [-0.2, -0.15) is 10.1 Å². The number of benzene rings is 2. The molecule has 7 heteroatoms. The van der Waals surface area contributed by atoms with Crippen molar-refractivity contribution in [2.45, 2.75) is 20.8 Å².